The van der Waals surface area contributed by atoms with Gasteiger partial charge in [-0.2, -0.15) is 0 Å². The molecule has 0 saturated heterocycles. The van der Waals surface area contributed by atoms with Crippen LogP contribution in [0.15, 0.2) is 54.6 Å². The molecule has 0 radical (unpaired) electrons. The van der Waals surface area contributed by atoms with Crippen molar-refractivity contribution in [3.63, 3.8) is 0 Å². The van der Waals surface area contributed by atoms with E-state index < -0.39 is 0 Å². The summed E-state index contributed by atoms with van der Waals surface area (Å²) in [7, 11) is 0. The molecule has 0 N–H and O–H groups in total. The Hall–Kier alpha value is -1.19. The van der Waals surface area contributed by atoms with Gasteiger partial charge in [-0.1, -0.05) is 52.3 Å². The van der Waals surface area contributed by atoms with E-state index >= 15 is 0 Å². The normalized spacial score (nSPS) is 12.8. The molecule has 3 rings (SSSR count). The molecule has 0 nitrogen and oxygen atoms in total. The summed E-state index contributed by atoms with van der Waals surface area (Å²) in [5.41, 5.74) is 1.21. The highest BCUT2D eigenvalue weighted by Gasteiger charge is 2.13. The number of hydrogen-bond acceptors (Lipinski definition) is 1. The number of halogens is 2. The molecule has 0 fully saturated rings. The number of hydrogen-bond donors (Lipinski definition) is 0. The van der Waals surface area contributed by atoms with E-state index in [9.17, 15) is 4.39 Å². The van der Waals surface area contributed by atoms with Crippen molar-refractivity contribution in [2.45, 2.75) is 4.83 Å². The average molecular weight is 321 g/mol. The van der Waals surface area contributed by atoms with Gasteiger partial charge in [0.2, 0.25) is 0 Å². The van der Waals surface area contributed by atoms with E-state index in [0.29, 0.717) is 0 Å². The van der Waals surface area contributed by atoms with Crippen molar-refractivity contribution in [2.24, 2.45) is 0 Å². The first-order valence-corrected chi connectivity index (χ1v) is 7.35. The maximum absolute atomic E-state index is 13.2. The Morgan fingerprint density at radius 2 is 1.78 bits per heavy atom. The monoisotopic (exact) mass is 320 g/mol. The molecule has 90 valence electrons. The molecule has 0 aliphatic rings. The number of thiophene rings is 1. The predicted molar refractivity (Wildman–Crippen MR) is 79.0 cm³/mol. The minimum absolute atomic E-state index is 0.166. The molecule has 0 saturated carbocycles. The first kappa shape index (κ1) is 11.9. The van der Waals surface area contributed by atoms with Gasteiger partial charge in [0.05, 0.1) is 4.83 Å². The Bertz CT molecular complexity index is 675. The lowest BCUT2D eigenvalue weighted by Crippen LogP contribution is -1.87. The summed E-state index contributed by atoms with van der Waals surface area (Å²) in [6.45, 7) is 0. The van der Waals surface area contributed by atoms with E-state index in [0.717, 1.165) is 10.1 Å². The molecule has 0 spiro atoms. The second-order valence-electron chi connectivity index (χ2n) is 4.10. The second kappa shape index (κ2) is 4.82. The van der Waals surface area contributed by atoms with Crippen LogP contribution < -0.4 is 0 Å². The van der Waals surface area contributed by atoms with Gasteiger partial charge in [-0.15, -0.1) is 11.3 Å². The van der Waals surface area contributed by atoms with Crippen LogP contribution in [0.25, 0.3) is 10.1 Å². The van der Waals surface area contributed by atoms with E-state index in [4.69, 9.17) is 0 Å². The topological polar surface area (TPSA) is 0 Å². The summed E-state index contributed by atoms with van der Waals surface area (Å²) >= 11 is 5.33. The third-order valence-electron chi connectivity index (χ3n) is 2.84. The molecule has 3 heteroatoms. The van der Waals surface area contributed by atoms with Crippen molar-refractivity contribution in [1.82, 2.24) is 0 Å². The molecule has 1 unspecified atom stereocenters. The second-order valence-corrected chi connectivity index (χ2v) is 6.14. The Labute approximate surface area is 117 Å². The lowest BCUT2D eigenvalue weighted by Gasteiger charge is -2.06. The van der Waals surface area contributed by atoms with E-state index in [-0.39, 0.29) is 10.6 Å². The maximum atomic E-state index is 13.2. The van der Waals surface area contributed by atoms with Gasteiger partial charge in [0, 0.05) is 9.58 Å². The molecule has 1 atom stereocenters. The first-order chi connectivity index (χ1) is 8.74. The highest BCUT2D eigenvalue weighted by atomic mass is 79.9. The Morgan fingerprint density at radius 3 is 2.56 bits per heavy atom. The highest BCUT2D eigenvalue weighted by Crippen LogP contribution is 2.38. The Balaban J connectivity index is 2.04. The summed E-state index contributed by atoms with van der Waals surface area (Å²) in [5.74, 6) is -0.179. The molecule has 0 aliphatic heterocycles. The molecule has 0 aliphatic carbocycles. The van der Waals surface area contributed by atoms with Crippen LogP contribution in [0.1, 0.15) is 15.3 Å². The highest BCUT2D eigenvalue weighted by molar-refractivity contribution is 9.09. The molecular formula is C15H10BrFS. The van der Waals surface area contributed by atoms with Crippen molar-refractivity contribution in [3.05, 3.63) is 70.9 Å². The molecule has 0 bridgehead atoms. The minimum atomic E-state index is -0.179. The SMILES string of the molecule is Fc1ccc2cc(C(Br)c3ccccc3)sc2c1. The van der Waals surface area contributed by atoms with Gasteiger partial charge in [-0.25, -0.2) is 4.39 Å². The zero-order valence-corrected chi connectivity index (χ0v) is 11.8. The fourth-order valence-corrected chi connectivity index (χ4v) is 3.75. The van der Waals surface area contributed by atoms with Gasteiger partial charge in [0.25, 0.3) is 0 Å². The van der Waals surface area contributed by atoms with Crippen molar-refractivity contribution < 1.29 is 4.39 Å². The van der Waals surface area contributed by atoms with Crippen LogP contribution in [0.2, 0.25) is 0 Å². The van der Waals surface area contributed by atoms with Crippen molar-refractivity contribution in [1.29, 1.82) is 0 Å². The number of rotatable bonds is 2. The summed E-state index contributed by atoms with van der Waals surface area (Å²) in [5, 5.41) is 1.09. The quantitative estimate of drug-likeness (QED) is 0.545. The number of benzene rings is 2. The third kappa shape index (κ3) is 2.20. The summed E-state index contributed by atoms with van der Waals surface area (Å²) in [6.07, 6.45) is 0. The zero-order valence-electron chi connectivity index (χ0n) is 9.44. The molecule has 3 aromatic rings. The van der Waals surface area contributed by atoms with Gasteiger partial charge < -0.3 is 0 Å². The fraction of sp³-hybridized carbons (Fsp3) is 0.0667. The zero-order chi connectivity index (χ0) is 12.5. The van der Waals surface area contributed by atoms with E-state index in [1.54, 1.807) is 17.4 Å². The smallest absolute Gasteiger partial charge is 0.124 e. The van der Waals surface area contributed by atoms with Gasteiger partial charge in [-0.3, -0.25) is 0 Å². The van der Waals surface area contributed by atoms with Crippen LogP contribution in [-0.4, -0.2) is 0 Å². The van der Waals surface area contributed by atoms with E-state index in [1.807, 2.05) is 24.3 Å². The molecule has 2 aromatic carbocycles. The van der Waals surface area contributed by atoms with Gasteiger partial charge in [0.15, 0.2) is 0 Å². The van der Waals surface area contributed by atoms with Crippen LogP contribution in [-0.2, 0) is 0 Å². The van der Waals surface area contributed by atoms with Crippen LogP contribution in [0, 0.1) is 5.82 Å². The van der Waals surface area contributed by atoms with Crippen LogP contribution in [0.5, 0.6) is 0 Å². The average Bonchev–Trinajstić information content (AvgIpc) is 2.81. The van der Waals surface area contributed by atoms with Crippen molar-refractivity contribution >= 4 is 37.4 Å². The van der Waals surface area contributed by atoms with Crippen molar-refractivity contribution in [3.8, 4) is 0 Å². The minimum Gasteiger partial charge on any atom is -0.207 e. The molecule has 1 heterocycles. The fourth-order valence-electron chi connectivity index (χ4n) is 1.94. The Morgan fingerprint density at radius 1 is 1.00 bits per heavy atom. The lowest BCUT2D eigenvalue weighted by atomic mass is 10.1. The van der Waals surface area contributed by atoms with Gasteiger partial charge in [0.1, 0.15) is 5.82 Å². The Kier molecular flexibility index (Phi) is 3.18. The largest absolute Gasteiger partial charge is 0.207 e. The van der Waals surface area contributed by atoms with Crippen LogP contribution in [0.4, 0.5) is 4.39 Å². The lowest BCUT2D eigenvalue weighted by molar-refractivity contribution is 0.630. The molecular weight excluding hydrogens is 311 g/mol. The summed E-state index contributed by atoms with van der Waals surface area (Å²) < 4.78 is 14.2. The predicted octanol–water partition coefficient (Wildman–Crippen LogP) is 5.52. The van der Waals surface area contributed by atoms with Gasteiger partial charge >= 0.3 is 0 Å². The summed E-state index contributed by atoms with van der Waals surface area (Å²) in [6, 6.07) is 17.3. The standard InChI is InChI=1S/C15H10BrFS/c16-15(10-4-2-1-3-5-10)14-8-11-6-7-12(17)9-13(11)18-14/h1-9,15H. The van der Waals surface area contributed by atoms with E-state index in [1.165, 1.54) is 16.5 Å². The van der Waals surface area contributed by atoms with Crippen molar-refractivity contribution in [2.75, 3.05) is 0 Å². The molecule has 18 heavy (non-hydrogen) atoms. The van der Waals surface area contributed by atoms with E-state index in [2.05, 4.69) is 34.1 Å². The maximum Gasteiger partial charge on any atom is 0.124 e. The third-order valence-corrected chi connectivity index (χ3v) is 5.33. The molecule has 1 aromatic heterocycles. The van der Waals surface area contributed by atoms with Crippen LogP contribution in [0.3, 0.4) is 0 Å². The summed E-state index contributed by atoms with van der Waals surface area (Å²) in [4.78, 5) is 1.36. The first-order valence-electron chi connectivity index (χ1n) is 5.62. The van der Waals surface area contributed by atoms with Crippen LogP contribution >= 0.6 is 27.3 Å². The molecule has 0 amide bonds. The number of alkyl halides is 1. The van der Waals surface area contributed by atoms with Gasteiger partial charge in [-0.05, 0) is 29.1 Å². The number of fused-ring (bicyclic) bond motifs is 1.